The van der Waals surface area contributed by atoms with Crippen LogP contribution in [0.3, 0.4) is 0 Å². The Morgan fingerprint density at radius 1 is 1.53 bits per heavy atom. The van der Waals surface area contributed by atoms with Crippen LogP contribution in [-0.4, -0.2) is 24.3 Å². The molecular weight excluding hydrogens is 198 g/mol. The van der Waals surface area contributed by atoms with Gasteiger partial charge in [0.25, 0.3) is 0 Å². The SMILES string of the molecule is COC(=O)c1nc2c(C=O)cccc2o1. The summed E-state index contributed by atoms with van der Waals surface area (Å²) < 4.78 is 9.57. The fraction of sp³-hybridized carbons (Fsp3) is 0.100. The van der Waals surface area contributed by atoms with Gasteiger partial charge in [-0.2, -0.15) is 0 Å². The van der Waals surface area contributed by atoms with Crippen molar-refractivity contribution in [2.24, 2.45) is 0 Å². The minimum absolute atomic E-state index is 0.151. The van der Waals surface area contributed by atoms with Gasteiger partial charge in [0.1, 0.15) is 5.52 Å². The van der Waals surface area contributed by atoms with Gasteiger partial charge in [0.2, 0.25) is 0 Å². The first-order chi connectivity index (χ1) is 7.26. The minimum Gasteiger partial charge on any atom is -0.462 e. The molecule has 5 nitrogen and oxygen atoms in total. The molecule has 76 valence electrons. The van der Waals surface area contributed by atoms with Gasteiger partial charge in [-0.3, -0.25) is 4.79 Å². The molecule has 0 unspecified atom stereocenters. The van der Waals surface area contributed by atoms with Crippen LogP contribution in [0, 0.1) is 0 Å². The van der Waals surface area contributed by atoms with Gasteiger partial charge < -0.3 is 9.15 Å². The third-order valence-corrected chi connectivity index (χ3v) is 1.94. The third kappa shape index (κ3) is 1.48. The van der Waals surface area contributed by atoms with E-state index in [0.29, 0.717) is 22.9 Å². The lowest BCUT2D eigenvalue weighted by molar-refractivity contribution is 0.0558. The van der Waals surface area contributed by atoms with Gasteiger partial charge in [0.05, 0.1) is 7.11 Å². The Morgan fingerprint density at radius 3 is 3.00 bits per heavy atom. The smallest absolute Gasteiger partial charge is 0.394 e. The zero-order valence-electron chi connectivity index (χ0n) is 7.89. The number of benzene rings is 1. The molecule has 2 rings (SSSR count). The summed E-state index contributed by atoms with van der Waals surface area (Å²) in [6, 6.07) is 4.87. The monoisotopic (exact) mass is 205 g/mol. The Labute approximate surface area is 84.7 Å². The number of methoxy groups -OCH3 is 1. The Kier molecular flexibility index (Phi) is 2.21. The molecule has 0 atom stereocenters. The van der Waals surface area contributed by atoms with Crippen molar-refractivity contribution in [3.63, 3.8) is 0 Å². The number of para-hydroxylation sites is 1. The summed E-state index contributed by atoms with van der Waals surface area (Å²) in [5.41, 5.74) is 1.14. The van der Waals surface area contributed by atoms with Gasteiger partial charge in [0, 0.05) is 5.56 Å². The van der Waals surface area contributed by atoms with E-state index in [-0.39, 0.29) is 5.89 Å². The van der Waals surface area contributed by atoms with E-state index in [9.17, 15) is 9.59 Å². The van der Waals surface area contributed by atoms with Crippen molar-refractivity contribution in [1.82, 2.24) is 4.98 Å². The van der Waals surface area contributed by atoms with E-state index in [2.05, 4.69) is 9.72 Å². The molecule has 0 saturated heterocycles. The molecule has 0 aliphatic heterocycles. The summed E-state index contributed by atoms with van der Waals surface area (Å²) in [7, 11) is 1.23. The fourth-order valence-corrected chi connectivity index (χ4v) is 1.24. The summed E-state index contributed by atoms with van der Waals surface area (Å²) in [6.45, 7) is 0. The summed E-state index contributed by atoms with van der Waals surface area (Å²) in [5.74, 6) is -0.815. The van der Waals surface area contributed by atoms with Crippen LogP contribution in [0.1, 0.15) is 21.0 Å². The van der Waals surface area contributed by atoms with Gasteiger partial charge >= 0.3 is 11.9 Å². The van der Waals surface area contributed by atoms with Crippen LogP contribution < -0.4 is 0 Å². The predicted octanol–water partition coefficient (Wildman–Crippen LogP) is 1.43. The first kappa shape index (κ1) is 9.39. The summed E-state index contributed by atoms with van der Waals surface area (Å²) in [5, 5.41) is 0. The van der Waals surface area contributed by atoms with Crippen molar-refractivity contribution >= 4 is 23.4 Å². The quantitative estimate of drug-likeness (QED) is 0.547. The number of hydrogen-bond donors (Lipinski definition) is 0. The second-order valence-electron chi connectivity index (χ2n) is 2.82. The van der Waals surface area contributed by atoms with Gasteiger partial charge in [-0.25, -0.2) is 9.78 Å². The summed E-state index contributed by atoms with van der Waals surface area (Å²) in [4.78, 5) is 25.7. The van der Waals surface area contributed by atoms with Crippen LogP contribution in [0.5, 0.6) is 0 Å². The zero-order chi connectivity index (χ0) is 10.8. The van der Waals surface area contributed by atoms with Crippen LogP contribution in [0.15, 0.2) is 22.6 Å². The van der Waals surface area contributed by atoms with Gasteiger partial charge in [-0.05, 0) is 12.1 Å². The molecule has 5 heteroatoms. The average Bonchev–Trinajstić information content (AvgIpc) is 2.71. The number of aldehydes is 1. The van der Waals surface area contributed by atoms with Gasteiger partial charge in [0.15, 0.2) is 11.9 Å². The second kappa shape index (κ2) is 3.53. The highest BCUT2D eigenvalue weighted by molar-refractivity contribution is 5.96. The van der Waals surface area contributed by atoms with Crippen LogP contribution in [0.4, 0.5) is 0 Å². The van der Waals surface area contributed by atoms with Crippen molar-refractivity contribution in [3.8, 4) is 0 Å². The number of ether oxygens (including phenoxy) is 1. The highest BCUT2D eigenvalue weighted by Crippen LogP contribution is 2.18. The molecule has 0 radical (unpaired) electrons. The molecule has 1 aromatic carbocycles. The van der Waals surface area contributed by atoms with Crippen molar-refractivity contribution in [2.75, 3.05) is 7.11 Å². The van der Waals surface area contributed by atoms with E-state index in [1.54, 1.807) is 18.2 Å². The molecule has 0 spiro atoms. The minimum atomic E-state index is -0.664. The summed E-state index contributed by atoms with van der Waals surface area (Å²) in [6.07, 6.45) is 0.659. The Balaban J connectivity index is 2.65. The van der Waals surface area contributed by atoms with Crippen molar-refractivity contribution in [3.05, 3.63) is 29.7 Å². The molecule has 1 aromatic heterocycles. The number of rotatable bonds is 2. The maximum absolute atomic E-state index is 11.1. The van der Waals surface area contributed by atoms with Crippen molar-refractivity contribution < 1.29 is 18.7 Å². The Hall–Kier alpha value is -2.17. The van der Waals surface area contributed by atoms with Crippen molar-refractivity contribution in [2.45, 2.75) is 0 Å². The van der Waals surface area contributed by atoms with Gasteiger partial charge in [-0.1, -0.05) is 6.07 Å². The highest BCUT2D eigenvalue weighted by Gasteiger charge is 2.15. The number of fused-ring (bicyclic) bond motifs is 1. The molecule has 0 aliphatic rings. The molecule has 2 aromatic rings. The fourth-order valence-electron chi connectivity index (χ4n) is 1.24. The van der Waals surface area contributed by atoms with Crippen LogP contribution in [0.2, 0.25) is 0 Å². The maximum Gasteiger partial charge on any atom is 0.394 e. The standard InChI is InChI=1S/C10H7NO4/c1-14-10(13)9-11-8-6(5-12)3-2-4-7(8)15-9/h2-5H,1H3. The lowest BCUT2D eigenvalue weighted by Crippen LogP contribution is -2.00. The lowest BCUT2D eigenvalue weighted by atomic mass is 10.2. The molecule has 0 saturated carbocycles. The molecule has 0 amide bonds. The molecule has 0 fully saturated rings. The zero-order valence-corrected chi connectivity index (χ0v) is 7.89. The number of oxazole rings is 1. The average molecular weight is 205 g/mol. The molecule has 0 bridgehead atoms. The number of aromatic nitrogens is 1. The molecule has 15 heavy (non-hydrogen) atoms. The van der Waals surface area contributed by atoms with E-state index in [4.69, 9.17) is 4.42 Å². The first-order valence-electron chi connectivity index (χ1n) is 4.19. The van der Waals surface area contributed by atoms with Crippen LogP contribution in [0.25, 0.3) is 11.1 Å². The maximum atomic E-state index is 11.1. The Morgan fingerprint density at radius 2 is 2.33 bits per heavy atom. The molecule has 1 heterocycles. The number of hydrogen-bond acceptors (Lipinski definition) is 5. The lowest BCUT2D eigenvalue weighted by Gasteiger charge is -1.88. The normalized spacial score (nSPS) is 10.2. The van der Waals surface area contributed by atoms with Crippen molar-refractivity contribution in [1.29, 1.82) is 0 Å². The van der Waals surface area contributed by atoms with E-state index in [1.165, 1.54) is 7.11 Å². The molecule has 0 N–H and O–H groups in total. The van der Waals surface area contributed by atoms with Gasteiger partial charge in [-0.15, -0.1) is 0 Å². The number of carbonyl (C=O) groups is 2. The first-order valence-corrected chi connectivity index (χ1v) is 4.19. The number of esters is 1. The van der Waals surface area contributed by atoms with E-state index in [0.717, 1.165) is 0 Å². The second-order valence-corrected chi connectivity index (χ2v) is 2.82. The predicted molar refractivity (Wildman–Crippen MR) is 50.7 cm³/mol. The topological polar surface area (TPSA) is 69.4 Å². The van der Waals surface area contributed by atoms with E-state index >= 15 is 0 Å². The summed E-state index contributed by atoms with van der Waals surface area (Å²) >= 11 is 0. The highest BCUT2D eigenvalue weighted by atomic mass is 16.5. The van der Waals surface area contributed by atoms with E-state index < -0.39 is 5.97 Å². The molecule has 0 aliphatic carbocycles. The van der Waals surface area contributed by atoms with Crippen LogP contribution in [-0.2, 0) is 4.74 Å². The number of nitrogens with zero attached hydrogens (tertiary/aromatic N) is 1. The van der Waals surface area contributed by atoms with E-state index in [1.807, 2.05) is 0 Å². The number of carbonyl (C=O) groups excluding carboxylic acids is 2. The third-order valence-electron chi connectivity index (χ3n) is 1.94. The molecular formula is C10H7NO4. The Bertz CT molecular complexity index is 529. The van der Waals surface area contributed by atoms with Crippen LogP contribution >= 0.6 is 0 Å². The largest absolute Gasteiger partial charge is 0.462 e.